The first-order chi connectivity index (χ1) is 16.8. The van der Waals surface area contributed by atoms with Crippen LogP contribution in [-0.4, -0.2) is 92.9 Å². The summed E-state index contributed by atoms with van der Waals surface area (Å²) in [5.74, 6) is -1.85. The van der Waals surface area contributed by atoms with E-state index in [9.17, 15) is 24.3 Å². The number of likely N-dealkylation sites (tertiary alicyclic amines) is 1. The van der Waals surface area contributed by atoms with Crippen LogP contribution in [0.3, 0.4) is 0 Å². The number of aliphatic carboxylic acids is 1. The third kappa shape index (κ3) is 8.82. The van der Waals surface area contributed by atoms with Gasteiger partial charge in [0.25, 0.3) is 0 Å². The zero-order valence-corrected chi connectivity index (χ0v) is 20.9. The molecule has 4 atom stereocenters. The number of unbranched alkanes of at least 4 members (excludes halogenated alkanes) is 1. The molecule has 1 aromatic rings. The summed E-state index contributed by atoms with van der Waals surface area (Å²) >= 11 is 1.54. The quantitative estimate of drug-likeness (QED) is 0.163. The number of nitrogens with two attached hydrogens (primary N) is 2. The van der Waals surface area contributed by atoms with Gasteiger partial charge in [0.15, 0.2) is 0 Å². The lowest BCUT2D eigenvalue weighted by molar-refractivity contribution is -0.145. The molecule has 1 fully saturated rings. The molecule has 2 rings (SSSR count). The molecule has 0 aromatic carbocycles. The first kappa shape index (κ1) is 28.6. The standard InChI is InChI=1S/C22H37N7O5S/c1-35-10-7-16(27-19(30)15(24)5-2-3-8-23)21(32)29-9-4-6-18(29)20(31)28-17(22(33)34)11-14-12-25-13-26-14/h12-13,15-18H,2-11,23-24H2,1H3,(H,25,26)(H,27,30)(H,28,31)(H,33,34). The maximum atomic E-state index is 13.4. The second-order valence-electron chi connectivity index (χ2n) is 8.60. The number of hydrogen-bond acceptors (Lipinski definition) is 8. The molecule has 0 aliphatic carbocycles. The van der Waals surface area contributed by atoms with Gasteiger partial charge < -0.3 is 37.1 Å². The largest absolute Gasteiger partial charge is 0.480 e. The fourth-order valence-corrected chi connectivity index (χ4v) is 4.47. The van der Waals surface area contributed by atoms with Crippen molar-refractivity contribution in [2.75, 3.05) is 25.1 Å². The van der Waals surface area contributed by atoms with Gasteiger partial charge in [0.2, 0.25) is 17.7 Å². The number of carbonyl (C=O) groups is 4. The van der Waals surface area contributed by atoms with E-state index in [1.165, 1.54) is 17.4 Å². The van der Waals surface area contributed by atoms with Crippen molar-refractivity contribution in [2.45, 2.75) is 69.1 Å². The van der Waals surface area contributed by atoms with E-state index in [-0.39, 0.29) is 12.3 Å². The number of nitrogens with zero attached hydrogens (tertiary/aromatic N) is 2. The number of amides is 3. The van der Waals surface area contributed by atoms with Gasteiger partial charge >= 0.3 is 5.97 Å². The van der Waals surface area contributed by atoms with Crippen LogP contribution in [0.2, 0.25) is 0 Å². The topological polar surface area (TPSA) is 197 Å². The number of carboxylic acid groups (broad SMARTS) is 1. The first-order valence-electron chi connectivity index (χ1n) is 11.8. The Balaban J connectivity index is 2.05. The smallest absolute Gasteiger partial charge is 0.326 e. The number of H-pyrrole nitrogens is 1. The highest BCUT2D eigenvalue weighted by atomic mass is 32.2. The summed E-state index contributed by atoms with van der Waals surface area (Å²) in [6, 6.07) is -3.54. The fraction of sp³-hybridized carbons (Fsp3) is 0.682. The highest BCUT2D eigenvalue weighted by Crippen LogP contribution is 2.20. The molecule has 8 N–H and O–H groups in total. The van der Waals surface area contributed by atoms with E-state index >= 15 is 0 Å². The lowest BCUT2D eigenvalue weighted by Gasteiger charge is -2.30. The first-order valence-corrected chi connectivity index (χ1v) is 13.2. The molecule has 196 valence electrons. The predicted octanol–water partition coefficient (Wildman–Crippen LogP) is -0.793. The van der Waals surface area contributed by atoms with E-state index in [2.05, 4.69) is 20.6 Å². The molecule has 3 amide bonds. The van der Waals surface area contributed by atoms with Crippen molar-refractivity contribution < 1.29 is 24.3 Å². The summed E-state index contributed by atoms with van der Waals surface area (Å²) in [5, 5.41) is 14.9. The number of aromatic nitrogens is 2. The van der Waals surface area contributed by atoms with E-state index in [1.54, 1.807) is 11.8 Å². The summed E-state index contributed by atoms with van der Waals surface area (Å²) in [7, 11) is 0. The molecule has 12 nitrogen and oxygen atoms in total. The van der Waals surface area contributed by atoms with E-state index in [0.29, 0.717) is 56.6 Å². The van der Waals surface area contributed by atoms with Crippen LogP contribution in [0.15, 0.2) is 12.5 Å². The Kier molecular flexibility index (Phi) is 12.0. The Hall–Kier alpha value is -2.64. The Labute approximate surface area is 209 Å². The van der Waals surface area contributed by atoms with Gasteiger partial charge in [-0.05, 0) is 50.7 Å². The molecule has 2 heterocycles. The number of thioether (sulfide) groups is 1. The molecule has 0 bridgehead atoms. The number of nitrogens with one attached hydrogen (secondary N) is 3. The lowest BCUT2D eigenvalue weighted by Crippen LogP contribution is -2.57. The summed E-state index contributed by atoms with van der Waals surface area (Å²) in [6.07, 6.45) is 8.21. The second-order valence-corrected chi connectivity index (χ2v) is 9.59. The lowest BCUT2D eigenvalue weighted by atomic mass is 10.1. The summed E-state index contributed by atoms with van der Waals surface area (Å²) in [6.45, 7) is 0.871. The molecule has 1 saturated heterocycles. The molecular formula is C22H37N7O5S. The minimum atomic E-state index is -1.18. The third-order valence-corrected chi connectivity index (χ3v) is 6.61. The number of hydrogen-bond donors (Lipinski definition) is 6. The van der Waals surface area contributed by atoms with Gasteiger partial charge in [0, 0.05) is 24.9 Å². The van der Waals surface area contributed by atoms with Crippen molar-refractivity contribution in [3.8, 4) is 0 Å². The average molecular weight is 512 g/mol. The van der Waals surface area contributed by atoms with Crippen LogP contribution >= 0.6 is 11.8 Å². The van der Waals surface area contributed by atoms with Crippen LogP contribution in [0, 0.1) is 0 Å². The number of imidazole rings is 1. The highest BCUT2D eigenvalue weighted by molar-refractivity contribution is 7.98. The minimum Gasteiger partial charge on any atom is -0.480 e. The fourth-order valence-electron chi connectivity index (χ4n) is 4.00. The van der Waals surface area contributed by atoms with E-state index in [1.807, 2.05) is 6.26 Å². The minimum absolute atomic E-state index is 0.0379. The van der Waals surface area contributed by atoms with Crippen LogP contribution in [0.25, 0.3) is 0 Å². The van der Waals surface area contributed by atoms with E-state index in [4.69, 9.17) is 11.5 Å². The summed E-state index contributed by atoms with van der Waals surface area (Å²) in [4.78, 5) is 58.8. The Morgan fingerprint density at radius 2 is 2.03 bits per heavy atom. The number of aromatic amines is 1. The normalized spacial score (nSPS) is 18.0. The van der Waals surface area contributed by atoms with Gasteiger partial charge in [-0.3, -0.25) is 14.4 Å². The number of carboxylic acids is 1. The zero-order valence-electron chi connectivity index (χ0n) is 20.1. The van der Waals surface area contributed by atoms with Crippen molar-refractivity contribution in [2.24, 2.45) is 11.5 Å². The van der Waals surface area contributed by atoms with Crippen LogP contribution in [0.1, 0.15) is 44.2 Å². The Morgan fingerprint density at radius 1 is 1.26 bits per heavy atom. The van der Waals surface area contributed by atoms with E-state index < -0.39 is 42.0 Å². The molecular weight excluding hydrogens is 474 g/mol. The average Bonchev–Trinajstić information content (AvgIpc) is 3.53. The van der Waals surface area contributed by atoms with Crippen molar-refractivity contribution in [3.63, 3.8) is 0 Å². The van der Waals surface area contributed by atoms with Crippen LogP contribution in [0.5, 0.6) is 0 Å². The molecule has 0 saturated carbocycles. The number of carbonyl (C=O) groups excluding carboxylic acids is 3. The Bertz CT molecular complexity index is 838. The predicted molar refractivity (Wildman–Crippen MR) is 132 cm³/mol. The maximum absolute atomic E-state index is 13.4. The Morgan fingerprint density at radius 3 is 2.66 bits per heavy atom. The monoisotopic (exact) mass is 511 g/mol. The maximum Gasteiger partial charge on any atom is 0.326 e. The molecule has 13 heteroatoms. The molecule has 1 aliphatic heterocycles. The van der Waals surface area contributed by atoms with Gasteiger partial charge in [-0.1, -0.05) is 6.42 Å². The van der Waals surface area contributed by atoms with Gasteiger partial charge in [-0.15, -0.1) is 0 Å². The summed E-state index contributed by atoms with van der Waals surface area (Å²) < 4.78 is 0. The van der Waals surface area contributed by atoms with Crippen LogP contribution in [-0.2, 0) is 25.6 Å². The third-order valence-electron chi connectivity index (χ3n) is 5.96. The van der Waals surface area contributed by atoms with Gasteiger partial charge in [-0.2, -0.15) is 11.8 Å². The van der Waals surface area contributed by atoms with Crippen LogP contribution in [0.4, 0.5) is 0 Å². The van der Waals surface area contributed by atoms with Crippen molar-refractivity contribution in [1.29, 1.82) is 0 Å². The van der Waals surface area contributed by atoms with Gasteiger partial charge in [0.1, 0.15) is 18.1 Å². The molecule has 0 radical (unpaired) electrons. The van der Waals surface area contributed by atoms with Crippen molar-refractivity contribution >= 4 is 35.5 Å². The SMILES string of the molecule is CSCCC(NC(=O)C(N)CCCCN)C(=O)N1CCCC1C(=O)NC(Cc1cnc[nH]1)C(=O)O. The molecule has 4 unspecified atom stereocenters. The van der Waals surface area contributed by atoms with Crippen molar-refractivity contribution in [3.05, 3.63) is 18.2 Å². The molecule has 1 aliphatic rings. The van der Waals surface area contributed by atoms with Gasteiger partial charge in [-0.25, -0.2) is 9.78 Å². The van der Waals surface area contributed by atoms with Crippen molar-refractivity contribution in [1.82, 2.24) is 25.5 Å². The highest BCUT2D eigenvalue weighted by Gasteiger charge is 2.39. The molecule has 35 heavy (non-hydrogen) atoms. The van der Waals surface area contributed by atoms with Crippen LogP contribution < -0.4 is 22.1 Å². The van der Waals surface area contributed by atoms with Gasteiger partial charge in [0.05, 0.1) is 12.4 Å². The number of rotatable bonds is 15. The molecule has 0 spiro atoms. The van der Waals surface area contributed by atoms with E-state index in [0.717, 1.165) is 6.42 Å². The summed E-state index contributed by atoms with van der Waals surface area (Å²) in [5.41, 5.74) is 12.1. The zero-order chi connectivity index (χ0) is 25.8. The second kappa shape index (κ2) is 14.7. The molecule has 1 aromatic heterocycles.